The summed E-state index contributed by atoms with van der Waals surface area (Å²) in [5.41, 5.74) is 1.19. The summed E-state index contributed by atoms with van der Waals surface area (Å²) < 4.78 is 5.43. The molecule has 1 unspecified atom stereocenters. The molecule has 4 rings (SSSR count). The van der Waals surface area contributed by atoms with Crippen molar-refractivity contribution in [3.63, 3.8) is 0 Å². The van der Waals surface area contributed by atoms with Crippen LogP contribution >= 0.6 is 39.5 Å². The number of hydrogen-bond acceptors (Lipinski definition) is 8. The van der Waals surface area contributed by atoms with E-state index in [9.17, 15) is 24.5 Å². The number of rotatable bonds is 8. The van der Waals surface area contributed by atoms with E-state index in [1.165, 1.54) is 52.7 Å². The molecule has 0 saturated carbocycles. The van der Waals surface area contributed by atoms with Gasteiger partial charge in [0.05, 0.1) is 10.7 Å². The Kier molecular flexibility index (Phi) is 8.17. The Morgan fingerprint density at radius 2 is 1.92 bits per heavy atom. The first kappa shape index (κ1) is 26.0. The number of thioether (sulfide) groups is 2. The minimum atomic E-state index is -0.771. The Labute approximate surface area is 223 Å². The van der Waals surface area contributed by atoms with E-state index in [-0.39, 0.29) is 35.6 Å². The molecule has 1 saturated heterocycles. The number of ether oxygens (including phenoxy) is 1. The van der Waals surface area contributed by atoms with Gasteiger partial charge in [0.15, 0.2) is 0 Å². The number of nitrogens with one attached hydrogen (secondary N) is 1. The van der Waals surface area contributed by atoms with Crippen LogP contribution < -0.4 is 5.32 Å². The fourth-order valence-electron chi connectivity index (χ4n) is 3.64. The number of carbonyl (C=O) groups is 3. The van der Waals surface area contributed by atoms with E-state index >= 15 is 0 Å². The van der Waals surface area contributed by atoms with E-state index in [1.54, 1.807) is 11.9 Å². The van der Waals surface area contributed by atoms with Gasteiger partial charge in [0, 0.05) is 21.9 Å². The van der Waals surface area contributed by atoms with Gasteiger partial charge in [-0.25, -0.2) is 4.79 Å². The van der Waals surface area contributed by atoms with Crippen LogP contribution in [-0.2, 0) is 25.7 Å². The fraction of sp³-hybridized carbons (Fsp3) is 0.208. The van der Waals surface area contributed by atoms with Crippen LogP contribution in [0, 0.1) is 10.1 Å². The molecular formula is C24H20BrN3O6S2. The first-order valence-corrected chi connectivity index (χ1v) is 13.5. The summed E-state index contributed by atoms with van der Waals surface area (Å²) >= 11 is 6.05. The topological polar surface area (TPSA) is 119 Å². The molecule has 2 aromatic carbocycles. The Bertz CT molecular complexity index is 1270. The van der Waals surface area contributed by atoms with Gasteiger partial charge >= 0.3 is 5.97 Å². The maximum Gasteiger partial charge on any atom is 0.355 e. The lowest BCUT2D eigenvalue weighted by Gasteiger charge is -2.49. The van der Waals surface area contributed by atoms with E-state index < -0.39 is 22.3 Å². The Morgan fingerprint density at radius 3 is 2.56 bits per heavy atom. The second-order valence-corrected chi connectivity index (χ2v) is 10.5. The summed E-state index contributed by atoms with van der Waals surface area (Å²) in [6.45, 7) is 1.60. The minimum Gasteiger partial charge on any atom is -0.456 e. The van der Waals surface area contributed by atoms with Crippen molar-refractivity contribution in [1.29, 1.82) is 0 Å². The van der Waals surface area contributed by atoms with Gasteiger partial charge < -0.3 is 10.1 Å². The summed E-state index contributed by atoms with van der Waals surface area (Å²) in [4.78, 5) is 53.5. The molecule has 2 aliphatic rings. The summed E-state index contributed by atoms with van der Waals surface area (Å²) in [6, 6.07) is 14.4. The van der Waals surface area contributed by atoms with Crippen LogP contribution in [0.5, 0.6) is 0 Å². The summed E-state index contributed by atoms with van der Waals surface area (Å²) in [6.07, 6.45) is 0. The third kappa shape index (κ3) is 5.50. The van der Waals surface area contributed by atoms with E-state index in [0.717, 1.165) is 9.80 Å². The van der Waals surface area contributed by atoms with Gasteiger partial charge in [-0.05, 0) is 47.3 Å². The zero-order valence-electron chi connectivity index (χ0n) is 18.9. The summed E-state index contributed by atoms with van der Waals surface area (Å²) in [7, 11) is 0. The molecule has 186 valence electrons. The molecule has 1 fully saturated rings. The summed E-state index contributed by atoms with van der Waals surface area (Å²) in [5, 5.41) is 13.1. The van der Waals surface area contributed by atoms with Crippen LogP contribution in [-0.4, -0.2) is 44.8 Å². The number of non-ortho nitro benzene ring substituents is 1. The smallest absolute Gasteiger partial charge is 0.355 e. The van der Waals surface area contributed by atoms with Gasteiger partial charge in [0.1, 0.15) is 23.7 Å². The molecule has 9 nitrogen and oxygen atoms in total. The Hall–Kier alpha value is -3.09. The van der Waals surface area contributed by atoms with Crippen LogP contribution in [0.3, 0.4) is 0 Å². The first-order valence-electron chi connectivity index (χ1n) is 10.7. The molecule has 0 spiro atoms. The van der Waals surface area contributed by atoms with Crippen molar-refractivity contribution in [2.24, 2.45) is 0 Å². The number of amides is 2. The van der Waals surface area contributed by atoms with Crippen molar-refractivity contribution in [2.75, 3.05) is 5.75 Å². The number of carbonyl (C=O) groups excluding carboxylic acids is 3. The highest BCUT2D eigenvalue weighted by atomic mass is 79.9. The highest BCUT2D eigenvalue weighted by Gasteiger charge is 2.55. The molecule has 12 heteroatoms. The van der Waals surface area contributed by atoms with Crippen molar-refractivity contribution in [3.05, 3.63) is 91.4 Å². The number of fused-ring (bicyclic) bond motifs is 1. The number of allylic oxidation sites excluding steroid dienone is 1. The van der Waals surface area contributed by atoms with Gasteiger partial charge in [0.2, 0.25) is 5.91 Å². The lowest BCUT2D eigenvalue weighted by Crippen LogP contribution is -2.70. The molecule has 0 aliphatic carbocycles. The maximum atomic E-state index is 13.0. The number of nitro groups is 1. The van der Waals surface area contributed by atoms with Gasteiger partial charge in [-0.3, -0.25) is 24.6 Å². The average Bonchev–Trinajstić information content (AvgIpc) is 2.89. The SMILES string of the molecule is CC1=C(C(=O)OCc2ccc([N+](=O)[O-])cc2)N2C(=O)C(NC(=O)CSc3ccccc3)[C@@H]2SC1=CBr. The van der Waals surface area contributed by atoms with Crippen LogP contribution in [0.4, 0.5) is 5.69 Å². The number of benzene rings is 2. The molecule has 0 aromatic heterocycles. The Balaban J connectivity index is 1.42. The molecule has 2 aromatic rings. The zero-order chi connectivity index (χ0) is 25.8. The third-order valence-electron chi connectivity index (χ3n) is 5.50. The van der Waals surface area contributed by atoms with Gasteiger partial charge in [-0.1, -0.05) is 45.9 Å². The Morgan fingerprint density at radius 1 is 1.22 bits per heavy atom. The van der Waals surface area contributed by atoms with Crippen molar-refractivity contribution in [1.82, 2.24) is 10.2 Å². The number of nitro benzene ring substituents is 1. The second kappa shape index (κ2) is 11.3. The van der Waals surface area contributed by atoms with E-state index in [4.69, 9.17) is 4.74 Å². The van der Waals surface area contributed by atoms with E-state index in [1.807, 2.05) is 30.3 Å². The van der Waals surface area contributed by atoms with Crippen molar-refractivity contribution in [3.8, 4) is 0 Å². The summed E-state index contributed by atoms with van der Waals surface area (Å²) in [5.74, 6) is -1.20. The number of esters is 1. The largest absolute Gasteiger partial charge is 0.456 e. The van der Waals surface area contributed by atoms with Crippen molar-refractivity contribution in [2.45, 2.75) is 29.8 Å². The molecule has 1 N–H and O–H groups in total. The minimum absolute atomic E-state index is 0.0655. The molecule has 2 aliphatic heterocycles. The van der Waals surface area contributed by atoms with E-state index in [2.05, 4.69) is 21.2 Å². The zero-order valence-corrected chi connectivity index (χ0v) is 22.1. The molecule has 2 atom stereocenters. The molecule has 2 amide bonds. The second-order valence-electron chi connectivity index (χ2n) is 7.81. The number of halogens is 1. The van der Waals surface area contributed by atoms with Crippen LogP contribution in [0.2, 0.25) is 0 Å². The highest BCUT2D eigenvalue weighted by Crippen LogP contribution is 2.47. The van der Waals surface area contributed by atoms with Gasteiger partial charge in [0.25, 0.3) is 11.6 Å². The molecular weight excluding hydrogens is 570 g/mol. The maximum absolute atomic E-state index is 13.0. The van der Waals surface area contributed by atoms with E-state index in [0.29, 0.717) is 11.1 Å². The first-order chi connectivity index (χ1) is 17.3. The van der Waals surface area contributed by atoms with Gasteiger partial charge in [-0.15, -0.1) is 11.8 Å². The molecule has 36 heavy (non-hydrogen) atoms. The molecule has 2 heterocycles. The van der Waals surface area contributed by atoms with Crippen LogP contribution in [0.25, 0.3) is 0 Å². The number of hydrogen-bond donors (Lipinski definition) is 1. The van der Waals surface area contributed by atoms with Crippen LogP contribution in [0.15, 0.2) is 80.7 Å². The predicted molar refractivity (Wildman–Crippen MR) is 140 cm³/mol. The van der Waals surface area contributed by atoms with Gasteiger partial charge in [-0.2, -0.15) is 0 Å². The lowest BCUT2D eigenvalue weighted by molar-refractivity contribution is -0.384. The normalized spacial score (nSPS) is 20.0. The standard InChI is InChI=1S/C24H20BrN3O6S2/c1-14-18(11-25)36-23-20(26-19(29)13-35-17-5-3-2-4-6-17)22(30)27(23)21(14)24(31)34-12-15-7-9-16(10-8-15)28(32)33/h2-11,20,23H,12-13H2,1H3,(H,26,29)/t20?,23-/m0/s1. The lowest BCUT2D eigenvalue weighted by atomic mass is 10.0. The highest BCUT2D eigenvalue weighted by molar-refractivity contribution is 9.11. The van der Waals surface area contributed by atoms with Crippen molar-refractivity contribution >= 4 is 62.9 Å². The monoisotopic (exact) mass is 589 g/mol. The molecule has 0 radical (unpaired) electrons. The predicted octanol–water partition coefficient (Wildman–Crippen LogP) is 4.34. The molecule has 0 bridgehead atoms. The number of β-lactam (4-membered cyclic amide) rings is 1. The quantitative estimate of drug-likeness (QED) is 0.159. The van der Waals surface area contributed by atoms with Crippen molar-refractivity contribution < 1.29 is 24.0 Å². The third-order valence-corrected chi connectivity index (χ3v) is 8.67. The number of nitrogens with zero attached hydrogens (tertiary/aromatic N) is 2. The fourth-order valence-corrected chi connectivity index (χ4v) is 6.26. The average molecular weight is 590 g/mol. The van der Waals surface area contributed by atoms with Crippen LogP contribution in [0.1, 0.15) is 12.5 Å².